The molecule has 1 aromatic heterocycles. The number of rotatable bonds is 0. The Labute approximate surface area is 136 Å². The van der Waals surface area contributed by atoms with Crippen LogP contribution in [-0.4, -0.2) is 15.3 Å². The van der Waals surface area contributed by atoms with E-state index in [4.69, 9.17) is 23.2 Å². The minimum Gasteiger partial charge on any atom is -0.285 e. The number of hydrogen-bond acceptors (Lipinski definition) is 3. The molecule has 0 aliphatic carbocycles. The first kappa shape index (κ1) is 14.3. The first-order chi connectivity index (χ1) is 10.9. The number of carbonyl (C=O) groups excluding carboxylic acids is 1. The molecule has 0 saturated heterocycles. The zero-order valence-corrected chi connectivity index (χ0v) is 12.5. The van der Waals surface area contributed by atoms with Gasteiger partial charge in [-0.1, -0.05) is 23.2 Å². The fourth-order valence-electron chi connectivity index (χ4n) is 2.61. The van der Waals surface area contributed by atoms with Gasteiger partial charge in [-0.05, 0) is 24.3 Å². The Morgan fingerprint density at radius 1 is 1.04 bits per heavy atom. The Balaban J connectivity index is 2.21. The van der Waals surface area contributed by atoms with Crippen LogP contribution in [0.25, 0.3) is 16.6 Å². The second kappa shape index (κ2) is 4.59. The predicted molar refractivity (Wildman–Crippen MR) is 80.7 cm³/mol. The van der Waals surface area contributed by atoms with Crippen LogP contribution in [0.3, 0.4) is 0 Å². The summed E-state index contributed by atoms with van der Waals surface area (Å²) in [6.45, 7) is 0. The summed E-state index contributed by atoms with van der Waals surface area (Å²) in [5.74, 6) is -2.37. The summed E-state index contributed by atoms with van der Waals surface area (Å²) in [5.41, 5.74) is -0.579. The van der Waals surface area contributed by atoms with Crippen LogP contribution in [-0.2, 0) is 0 Å². The molecular formula is C15H4Cl2F2N2O2. The molecule has 0 spiro atoms. The third-order valence-electron chi connectivity index (χ3n) is 3.66. The van der Waals surface area contributed by atoms with Gasteiger partial charge >= 0.3 is 0 Å². The number of hydrogen-bond donors (Lipinski definition) is 0. The van der Waals surface area contributed by atoms with E-state index in [1.165, 1.54) is 6.07 Å². The topological polar surface area (TPSA) is 52.0 Å². The van der Waals surface area contributed by atoms with Crippen molar-refractivity contribution in [2.24, 2.45) is 0 Å². The van der Waals surface area contributed by atoms with Crippen LogP contribution in [0, 0.1) is 11.6 Å². The van der Waals surface area contributed by atoms with Gasteiger partial charge in [0.05, 0.1) is 32.2 Å². The van der Waals surface area contributed by atoms with Crippen LogP contribution in [0.15, 0.2) is 29.1 Å². The summed E-state index contributed by atoms with van der Waals surface area (Å²) in [5, 5.41) is -0.789. The van der Waals surface area contributed by atoms with Crippen molar-refractivity contribution in [3.05, 3.63) is 67.7 Å². The molecule has 0 radical (unpaired) electrons. The van der Waals surface area contributed by atoms with Crippen LogP contribution in [0.2, 0.25) is 10.0 Å². The molecule has 0 fully saturated rings. The Morgan fingerprint density at radius 2 is 1.78 bits per heavy atom. The second-order valence-corrected chi connectivity index (χ2v) is 5.73. The molecule has 4 nitrogen and oxygen atoms in total. The lowest BCUT2D eigenvalue weighted by atomic mass is 10.1. The highest BCUT2D eigenvalue weighted by molar-refractivity contribution is 6.35. The minimum absolute atomic E-state index is 0.0385. The number of aromatic nitrogens is 2. The molecule has 2 heterocycles. The lowest BCUT2D eigenvalue weighted by molar-refractivity contribution is 0.103. The molecule has 0 atom stereocenters. The zero-order chi connectivity index (χ0) is 16.5. The van der Waals surface area contributed by atoms with Gasteiger partial charge in [-0.3, -0.25) is 14.2 Å². The second-order valence-electron chi connectivity index (χ2n) is 4.94. The van der Waals surface area contributed by atoms with Crippen LogP contribution in [0.4, 0.5) is 8.78 Å². The average Bonchev–Trinajstić information content (AvgIpc) is 2.77. The number of carbonyl (C=O) groups is 1. The van der Waals surface area contributed by atoms with E-state index in [0.717, 1.165) is 22.8 Å². The van der Waals surface area contributed by atoms with Gasteiger partial charge in [0.15, 0.2) is 5.82 Å². The summed E-state index contributed by atoms with van der Waals surface area (Å²) in [7, 11) is 0. The lowest BCUT2D eigenvalue weighted by Crippen LogP contribution is -2.22. The van der Waals surface area contributed by atoms with Gasteiger partial charge in [0.1, 0.15) is 11.6 Å². The highest BCUT2D eigenvalue weighted by atomic mass is 35.5. The van der Waals surface area contributed by atoms with E-state index in [1.54, 1.807) is 0 Å². The highest BCUT2D eigenvalue weighted by Gasteiger charge is 2.32. The van der Waals surface area contributed by atoms with E-state index in [1.807, 2.05) is 0 Å². The van der Waals surface area contributed by atoms with Crippen molar-refractivity contribution in [1.82, 2.24) is 9.55 Å². The van der Waals surface area contributed by atoms with E-state index < -0.39 is 23.0 Å². The van der Waals surface area contributed by atoms with Crippen molar-refractivity contribution < 1.29 is 13.6 Å². The SMILES string of the molecule is O=C1c2cc(F)c(Cl)cc2-n2c1nc1ccc(F)c(Cl)c1c2=O. The average molecular weight is 353 g/mol. The summed E-state index contributed by atoms with van der Waals surface area (Å²) < 4.78 is 28.2. The maximum absolute atomic E-state index is 13.6. The Hall–Kier alpha value is -2.31. The molecule has 0 unspecified atom stereocenters. The Bertz CT molecular complexity index is 1110. The van der Waals surface area contributed by atoms with E-state index in [0.29, 0.717) is 0 Å². The molecule has 8 heteroatoms. The van der Waals surface area contributed by atoms with Gasteiger partial charge in [-0.15, -0.1) is 0 Å². The summed E-state index contributed by atoms with van der Waals surface area (Å²) >= 11 is 11.6. The number of halogens is 4. The van der Waals surface area contributed by atoms with Crippen molar-refractivity contribution in [3.8, 4) is 5.69 Å². The van der Waals surface area contributed by atoms with Crippen LogP contribution in [0.5, 0.6) is 0 Å². The van der Waals surface area contributed by atoms with E-state index in [-0.39, 0.29) is 38.0 Å². The van der Waals surface area contributed by atoms with Gasteiger partial charge in [0.25, 0.3) is 5.56 Å². The molecule has 4 rings (SSSR count). The highest BCUT2D eigenvalue weighted by Crippen LogP contribution is 2.32. The normalized spacial score (nSPS) is 12.6. The van der Waals surface area contributed by atoms with Crippen molar-refractivity contribution in [3.63, 3.8) is 0 Å². The lowest BCUT2D eigenvalue weighted by Gasteiger charge is -2.07. The van der Waals surface area contributed by atoms with Crippen LogP contribution < -0.4 is 5.56 Å². The van der Waals surface area contributed by atoms with Crippen LogP contribution >= 0.6 is 23.2 Å². The van der Waals surface area contributed by atoms with Gasteiger partial charge < -0.3 is 0 Å². The molecule has 3 aromatic rings. The van der Waals surface area contributed by atoms with E-state index >= 15 is 0 Å². The first-order valence-electron chi connectivity index (χ1n) is 6.35. The zero-order valence-electron chi connectivity index (χ0n) is 11.0. The molecule has 23 heavy (non-hydrogen) atoms. The summed E-state index contributed by atoms with van der Waals surface area (Å²) in [6, 6.07) is 4.41. The summed E-state index contributed by atoms with van der Waals surface area (Å²) in [6.07, 6.45) is 0. The molecular weight excluding hydrogens is 349 g/mol. The number of nitrogens with zero attached hydrogens (tertiary/aromatic N) is 2. The third kappa shape index (κ3) is 1.79. The molecule has 114 valence electrons. The molecule has 0 N–H and O–H groups in total. The molecule has 0 bridgehead atoms. The fraction of sp³-hybridized carbons (Fsp3) is 0. The van der Waals surface area contributed by atoms with Gasteiger partial charge in [0, 0.05) is 0 Å². The predicted octanol–water partition coefficient (Wildman–Crippen LogP) is 3.52. The van der Waals surface area contributed by atoms with Gasteiger partial charge in [-0.2, -0.15) is 0 Å². The van der Waals surface area contributed by atoms with Gasteiger partial charge in [0.2, 0.25) is 5.78 Å². The summed E-state index contributed by atoms with van der Waals surface area (Å²) in [4.78, 5) is 29.1. The minimum atomic E-state index is -0.784. The smallest absolute Gasteiger partial charge is 0.267 e. The van der Waals surface area contributed by atoms with Crippen molar-refractivity contribution in [2.75, 3.05) is 0 Å². The monoisotopic (exact) mass is 352 g/mol. The quantitative estimate of drug-likeness (QED) is 0.486. The maximum atomic E-state index is 13.6. The molecule has 1 aliphatic heterocycles. The Morgan fingerprint density at radius 3 is 2.52 bits per heavy atom. The molecule has 0 amide bonds. The van der Waals surface area contributed by atoms with Crippen LogP contribution in [0.1, 0.15) is 16.2 Å². The molecule has 2 aromatic carbocycles. The van der Waals surface area contributed by atoms with Crippen molar-refractivity contribution in [1.29, 1.82) is 0 Å². The largest absolute Gasteiger partial charge is 0.285 e. The fourth-order valence-corrected chi connectivity index (χ4v) is 3.01. The first-order valence-corrected chi connectivity index (χ1v) is 7.10. The standard InChI is InChI=1S/C15H4Cl2F2N2O2/c16-6-4-10-5(3-8(6)19)13(22)14-20-9-2-1-7(18)12(17)11(9)15(23)21(10)14/h1-4H. The molecule has 1 aliphatic rings. The number of ketones is 1. The van der Waals surface area contributed by atoms with Crippen molar-refractivity contribution in [2.45, 2.75) is 0 Å². The number of fused-ring (bicyclic) bond motifs is 4. The van der Waals surface area contributed by atoms with Crippen molar-refractivity contribution >= 4 is 39.9 Å². The number of benzene rings is 2. The van der Waals surface area contributed by atoms with E-state index in [2.05, 4.69) is 4.98 Å². The Kier molecular flexibility index (Phi) is 2.86. The third-order valence-corrected chi connectivity index (χ3v) is 4.31. The van der Waals surface area contributed by atoms with Gasteiger partial charge in [-0.25, -0.2) is 13.8 Å². The maximum Gasteiger partial charge on any atom is 0.267 e. The molecule has 0 saturated carbocycles. The van der Waals surface area contributed by atoms with E-state index in [9.17, 15) is 18.4 Å².